The number of carbonyl (C=O) groups is 1. The molecule has 2 atom stereocenters. The van der Waals surface area contributed by atoms with Gasteiger partial charge in [0.15, 0.2) is 0 Å². The van der Waals surface area contributed by atoms with Crippen molar-refractivity contribution < 1.29 is 9.53 Å². The molecule has 2 aliphatic heterocycles. The summed E-state index contributed by atoms with van der Waals surface area (Å²) in [6.45, 7) is 9.28. The van der Waals surface area contributed by atoms with Crippen molar-refractivity contribution in [2.45, 2.75) is 46.4 Å². The predicted octanol–water partition coefficient (Wildman–Crippen LogP) is 2.49. The molecule has 0 bridgehead atoms. The van der Waals surface area contributed by atoms with E-state index in [0.29, 0.717) is 40.0 Å². The van der Waals surface area contributed by atoms with Crippen LogP contribution in [0.5, 0.6) is 0 Å². The van der Waals surface area contributed by atoms with Crippen LogP contribution in [0.1, 0.15) is 37.5 Å². The summed E-state index contributed by atoms with van der Waals surface area (Å²) in [5.74, 6) is 0.541. The van der Waals surface area contributed by atoms with Gasteiger partial charge in [0.05, 0.1) is 17.1 Å². The number of nitriles is 1. The first kappa shape index (κ1) is 21.6. The zero-order valence-electron chi connectivity index (χ0n) is 17.2. The topological polar surface area (TPSA) is 78.6 Å². The lowest BCUT2D eigenvalue weighted by Crippen LogP contribution is -2.48. The highest BCUT2D eigenvalue weighted by Crippen LogP contribution is 2.35. The minimum atomic E-state index is -0.311. The molecule has 0 spiro atoms. The van der Waals surface area contributed by atoms with Crippen LogP contribution in [0.15, 0.2) is 9.70 Å². The van der Waals surface area contributed by atoms with Crippen molar-refractivity contribution in [2.24, 2.45) is 0 Å². The van der Waals surface area contributed by atoms with Crippen LogP contribution >= 0.6 is 24.0 Å². The quantitative estimate of drug-likeness (QED) is 0.536. The molecule has 154 valence electrons. The van der Waals surface area contributed by atoms with E-state index in [1.54, 1.807) is 24.6 Å². The first-order valence-electron chi connectivity index (χ1n) is 9.49. The van der Waals surface area contributed by atoms with Crippen LogP contribution in [0.4, 0.5) is 5.82 Å². The Labute approximate surface area is 179 Å². The van der Waals surface area contributed by atoms with Crippen molar-refractivity contribution in [1.82, 2.24) is 9.47 Å². The molecule has 0 radical (unpaired) electrons. The number of morpholine rings is 1. The van der Waals surface area contributed by atoms with E-state index in [1.807, 2.05) is 26.8 Å². The molecule has 29 heavy (non-hydrogen) atoms. The molecule has 0 aliphatic carbocycles. The summed E-state index contributed by atoms with van der Waals surface area (Å²) in [5.41, 5.74) is 1.07. The van der Waals surface area contributed by atoms with E-state index < -0.39 is 0 Å². The molecule has 3 rings (SSSR count). The standard InChI is InChI=1S/C20H24N4O3S2/c1-6-24-17(23-9-11(2)27-12(3)10-23)14(13(4)15(8-21)18(24)25)7-16-19(26)22(5)20(28)29-16/h7,11-12H,6,9-10H2,1-5H3/b16-7-. The number of likely N-dealkylation sites (N-methyl/N-ethyl adjacent to an activating group) is 1. The minimum absolute atomic E-state index is 0.00295. The summed E-state index contributed by atoms with van der Waals surface area (Å²) in [6, 6.07) is 2.05. The molecule has 9 heteroatoms. The third kappa shape index (κ3) is 3.84. The van der Waals surface area contributed by atoms with Crippen molar-refractivity contribution in [3.8, 4) is 6.07 Å². The molecular weight excluding hydrogens is 408 g/mol. The van der Waals surface area contributed by atoms with Crippen LogP contribution in [-0.4, -0.2) is 52.0 Å². The second-order valence-electron chi connectivity index (χ2n) is 7.30. The van der Waals surface area contributed by atoms with E-state index in [9.17, 15) is 14.9 Å². The van der Waals surface area contributed by atoms with E-state index >= 15 is 0 Å². The number of aromatic nitrogens is 1. The highest BCUT2D eigenvalue weighted by atomic mass is 32.2. The second-order valence-corrected chi connectivity index (χ2v) is 8.98. The van der Waals surface area contributed by atoms with E-state index in [0.717, 1.165) is 5.82 Å². The van der Waals surface area contributed by atoms with E-state index in [2.05, 4.69) is 4.90 Å². The first-order valence-corrected chi connectivity index (χ1v) is 10.7. The van der Waals surface area contributed by atoms with Gasteiger partial charge in [0, 0.05) is 32.2 Å². The normalized spacial score (nSPS) is 23.8. The van der Waals surface area contributed by atoms with Crippen LogP contribution in [0.25, 0.3) is 6.08 Å². The fourth-order valence-corrected chi connectivity index (χ4v) is 4.97. The van der Waals surface area contributed by atoms with Gasteiger partial charge in [-0.1, -0.05) is 24.0 Å². The number of ether oxygens (including phenoxy) is 1. The summed E-state index contributed by atoms with van der Waals surface area (Å²) in [6.07, 6.45) is 1.76. The molecule has 7 nitrogen and oxygen atoms in total. The number of rotatable bonds is 3. The van der Waals surface area contributed by atoms with E-state index in [-0.39, 0.29) is 29.2 Å². The number of amides is 1. The Hall–Kier alpha value is -2.15. The molecular formula is C20H24N4O3S2. The first-order chi connectivity index (χ1) is 13.7. The molecule has 2 unspecified atom stereocenters. The van der Waals surface area contributed by atoms with Gasteiger partial charge in [0.1, 0.15) is 21.8 Å². The van der Waals surface area contributed by atoms with Crippen molar-refractivity contribution in [3.05, 3.63) is 31.9 Å². The Kier molecular flexibility index (Phi) is 6.17. The monoisotopic (exact) mass is 432 g/mol. The Balaban J connectivity index is 2.29. The number of thioether (sulfide) groups is 1. The summed E-state index contributed by atoms with van der Waals surface area (Å²) in [7, 11) is 1.64. The third-order valence-corrected chi connectivity index (χ3v) is 6.63. The van der Waals surface area contributed by atoms with Gasteiger partial charge in [0.25, 0.3) is 11.5 Å². The van der Waals surface area contributed by atoms with Gasteiger partial charge in [-0.15, -0.1) is 0 Å². The molecule has 0 N–H and O–H groups in total. The lowest BCUT2D eigenvalue weighted by Gasteiger charge is -2.39. The minimum Gasteiger partial charge on any atom is -0.372 e. The molecule has 2 saturated heterocycles. The number of carbonyl (C=O) groups excluding carboxylic acids is 1. The third-order valence-electron chi connectivity index (χ3n) is 5.14. The Morgan fingerprint density at radius 3 is 2.41 bits per heavy atom. The van der Waals surface area contributed by atoms with Crippen LogP contribution in [0, 0.1) is 18.3 Å². The van der Waals surface area contributed by atoms with Crippen molar-refractivity contribution in [2.75, 3.05) is 25.0 Å². The number of nitrogens with zero attached hydrogens (tertiary/aromatic N) is 4. The highest BCUT2D eigenvalue weighted by molar-refractivity contribution is 8.26. The van der Waals surface area contributed by atoms with Gasteiger partial charge in [0.2, 0.25) is 0 Å². The Morgan fingerprint density at radius 2 is 1.93 bits per heavy atom. The van der Waals surface area contributed by atoms with Gasteiger partial charge in [-0.2, -0.15) is 5.26 Å². The molecule has 3 heterocycles. The summed E-state index contributed by atoms with van der Waals surface area (Å²) in [5, 5.41) is 9.61. The molecule has 1 aromatic heterocycles. The van der Waals surface area contributed by atoms with Crippen molar-refractivity contribution in [3.63, 3.8) is 0 Å². The summed E-state index contributed by atoms with van der Waals surface area (Å²) >= 11 is 6.47. The zero-order valence-corrected chi connectivity index (χ0v) is 18.8. The van der Waals surface area contributed by atoms with E-state index in [4.69, 9.17) is 17.0 Å². The Bertz CT molecular complexity index is 998. The fraction of sp³-hybridized carbons (Fsp3) is 0.500. The highest BCUT2D eigenvalue weighted by Gasteiger charge is 2.32. The lowest BCUT2D eigenvalue weighted by molar-refractivity contribution is -0.121. The molecule has 2 fully saturated rings. The van der Waals surface area contributed by atoms with Crippen molar-refractivity contribution in [1.29, 1.82) is 5.26 Å². The number of hydrogen-bond acceptors (Lipinski definition) is 7. The Morgan fingerprint density at radius 1 is 1.31 bits per heavy atom. The second kappa shape index (κ2) is 8.30. The average molecular weight is 433 g/mol. The largest absolute Gasteiger partial charge is 0.372 e. The SMILES string of the molecule is CCn1c(N2CC(C)OC(C)C2)c(/C=C2\SC(=S)N(C)C2=O)c(C)c(C#N)c1=O. The van der Waals surface area contributed by atoms with E-state index in [1.165, 1.54) is 16.7 Å². The summed E-state index contributed by atoms with van der Waals surface area (Å²) in [4.78, 5) is 29.6. The lowest BCUT2D eigenvalue weighted by atomic mass is 10.0. The number of pyridine rings is 1. The number of thiocarbonyl (C=S) groups is 1. The average Bonchev–Trinajstić information content (AvgIpc) is 2.90. The predicted molar refractivity (Wildman–Crippen MR) is 119 cm³/mol. The molecule has 1 amide bonds. The fourth-order valence-electron chi connectivity index (χ4n) is 3.81. The van der Waals surface area contributed by atoms with Gasteiger partial charge >= 0.3 is 0 Å². The molecule has 2 aliphatic rings. The van der Waals surface area contributed by atoms with Crippen molar-refractivity contribution >= 4 is 46.1 Å². The smallest absolute Gasteiger partial charge is 0.270 e. The van der Waals surface area contributed by atoms with Gasteiger partial charge < -0.3 is 9.64 Å². The zero-order chi connectivity index (χ0) is 21.5. The maximum atomic E-state index is 13.0. The van der Waals surface area contributed by atoms with Crippen LogP contribution < -0.4 is 10.5 Å². The van der Waals surface area contributed by atoms with Crippen LogP contribution in [-0.2, 0) is 16.1 Å². The number of hydrogen-bond donors (Lipinski definition) is 0. The molecule has 0 saturated carbocycles. The van der Waals surface area contributed by atoms with Gasteiger partial charge in [-0.3, -0.25) is 19.1 Å². The van der Waals surface area contributed by atoms with Gasteiger partial charge in [-0.05, 0) is 39.3 Å². The maximum absolute atomic E-state index is 13.0. The van der Waals surface area contributed by atoms with Crippen LogP contribution in [0.3, 0.4) is 0 Å². The molecule has 1 aromatic rings. The van der Waals surface area contributed by atoms with Crippen LogP contribution in [0.2, 0.25) is 0 Å². The van der Waals surface area contributed by atoms with Gasteiger partial charge in [-0.25, -0.2) is 0 Å². The number of anilines is 1. The molecule has 0 aromatic carbocycles. The maximum Gasteiger partial charge on any atom is 0.270 e. The summed E-state index contributed by atoms with van der Waals surface area (Å²) < 4.78 is 7.96.